The highest BCUT2D eigenvalue weighted by molar-refractivity contribution is 5.69. The summed E-state index contributed by atoms with van der Waals surface area (Å²) in [6, 6.07) is 1.97. The van der Waals surface area contributed by atoms with E-state index in [0.29, 0.717) is 5.82 Å². The maximum atomic E-state index is 11.1. The molecule has 100 valence electrons. The molecule has 1 aromatic rings. The quantitative estimate of drug-likeness (QED) is 0.858. The number of rotatable bonds is 4. The van der Waals surface area contributed by atoms with Crippen LogP contribution in [0.4, 0.5) is 5.82 Å². The minimum atomic E-state index is -0.836. The molecule has 0 saturated heterocycles. The maximum Gasteiger partial charge on any atom is 0.305 e. The Morgan fingerprint density at radius 1 is 1.37 bits per heavy atom. The van der Waals surface area contributed by atoms with Crippen molar-refractivity contribution in [1.82, 2.24) is 9.97 Å². The monoisotopic (exact) mass is 260 g/mol. The summed E-state index contributed by atoms with van der Waals surface area (Å²) in [6.07, 6.45) is 7.64. The molecule has 1 heterocycles. The molecule has 0 atom stereocenters. The van der Waals surface area contributed by atoms with Gasteiger partial charge >= 0.3 is 5.97 Å². The van der Waals surface area contributed by atoms with E-state index in [1.807, 2.05) is 6.07 Å². The lowest BCUT2D eigenvalue weighted by atomic mass is 9.79. The van der Waals surface area contributed by atoms with Crippen LogP contribution in [0.2, 0.25) is 0 Å². The van der Waals surface area contributed by atoms with Gasteiger partial charge in [-0.15, -0.1) is 0 Å². The van der Waals surface area contributed by atoms with E-state index >= 15 is 0 Å². The van der Waals surface area contributed by atoms with Crippen molar-refractivity contribution in [3.05, 3.63) is 18.1 Å². The molecular formula is C13H16N4O2. The smallest absolute Gasteiger partial charge is 0.305 e. The van der Waals surface area contributed by atoms with Gasteiger partial charge in [0.2, 0.25) is 0 Å². The number of nitrogens with zero attached hydrogens (tertiary/aromatic N) is 3. The van der Waals surface area contributed by atoms with Crippen molar-refractivity contribution in [2.45, 2.75) is 44.1 Å². The first-order chi connectivity index (χ1) is 9.15. The molecule has 0 unspecified atom stereocenters. The number of aromatic nitrogens is 2. The van der Waals surface area contributed by atoms with Gasteiger partial charge in [-0.3, -0.25) is 4.79 Å². The summed E-state index contributed by atoms with van der Waals surface area (Å²) in [5.74, 6) is -0.454. The highest BCUT2D eigenvalue weighted by atomic mass is 16.4. The van der Waals surface area contributed by atoms with Crippen LogP contribution in [0.5, 0.6) is 0 Å². The Kier molecular flexibility index (Phi) is 3.95. The lowest BCUT2D eigenvalue weighted by molar-refractivity contribution is -0.138. The van der Waals surface area contributed by atoms with Gasteiger partial charge < -0.3 is 10.4 Å². The van der Waals surface area contributed by atoms with E-state index in [2.05, 4.69) is 15.3 Å². The summed E-state index contributed by atoms with van der Waals surface area (Å²) in [7, 11) is 0. The Morgan fingerprint density at radius 2 is 2.05 bits per heavy atom. The van der Waals surface area contributed by atoms with E-state index in [-0.39, 0.29) is 12.1 Å². The summed E-state index contributed by atoms with van der Waals surface area (Å²) in [6.45, 7) is 0. The van der Waals surface area contributed by atoms with E-state index in [9.17, 15) is 4.79 Å². The predicted octanol–water partition coefficient (Wildman–Crippen LogP) is 1.94. The highest BCUT2D eigenvalue weighted by Gasteiger charge is 2.35. The predicted molar refractivity (Wildman–Crippen MR) is 68.4 cm³/mol. The normalized spacial score (nSPS) is 17.4. The molecule has 2 N–H and O–H groups in total. The summed E-state index contributed by atoms with van der Waals surface area (Å²) in [5, 5.41) is 21.3. The molecule has 0 aliphatic heterocycles. The Morgan fingerprint density at radius 3 is 2.68 bits per heavy atom. The van der Waals surface area contributed by atoms with Crippen LogP contribution in [0.1, 0.15) is 44.2 Å². The fourth-order valence-corrected chi connectivity index (χ4v) is 2.63. The molecule has 6 heteroatoms. The number of hydrogen-bond acceptors (Lipinski definition) is 5. The lowest BCUT2D eigenvalue weighted by Gasteiger charge is -2.37. The van der Waals surface area contributed by atoms with E-state index < -0.39 is 11.5 Å². The molecule has 1 aliphatic carbocycles. The number of nitriles is 1. The van der Waals surface area contributed by atoms with Crippen molar-refractivity contribution >= 4 is 11.8 Å². The van der Waals surface area contributed by atoms with E-state index in [1.54, 1.807) is 0 Å². The minimum absolute atomic E-state index is 0.0362. The van der Waals surface area contributed by atoms with Crippen LogP contribution in [-0.4, -0.2) is 26.6 Å². The molecule has 6 nitrogen and oxygen atoms in total. The second-order valence-electron chi connectivity index (χ2n) is 4.90. The van der Waals surface area contributed by atoms with Crippen molar-refractivity contribution in [3.8, 4) is 6.07 Å². The average molecular weight is 260 g/mol. The van der Waals surface area contributed by atoms with Crippen LogP contribution < -0.4 is 5.32 Å². The van der Waals surface area contributed by atoms with Gasteiger partial charge in [0.15, 0.2) is 11.5 Å². The first kappa shape index (κ1) is 13.3. The van der Waals surface area contributed by atoms with Gasteiger partial charge in [-0.2, -0.15) is 5.26 Å². The van der Waals surface area contributed by atoms with Crippen LogP contribution >= 0.6 is 0 Å². The molecule has 0 radical (unpaired) electrons. The molecule has 1 aromatic heterocycles. The van der Waals surface area contributed by atoms with Crippen LogP contribution in [-0.2, 0) is 4.79 Å². The number of carbonyl (C=O) groups is 1. The summed E-state index contributed by atoms with van der Waals surface area (Å²) in [4.78, 5) is 19.1. The molecule has 1 saturated carbocycles. The van der Waals surface area contributed by atoms with Gasteiger partial charge in [-0.05, 0) is 12.8 Å². The largest absolute Gasteiger partial charge is 0.481 e. The maximum absolute atomic E-state index is 11.1. The van der Waals surface area contributed by atoms with E-state index in [4.69, 9.17) is 10.4 Å². The second kappa shape index (κ2) is 5.65. The number of aliphatic carboxylic acids is 1. The molecule has 1 aliphatic rings. The zero-order chi connectivity index (χ0) is 13.7. The third-order valence-corrected chi connectivity index (χ3v) is 3.49. The summed E-state index contributed by atoms with van der Waals surface area (Å²) in [5.41, 5.74) is -0.302. The van der Waals surface area contributed by atoms with Crippen LogP contribution in [0.25, 0.3) is 0 Å². The van der Waals surface area contributed by atoms with Gasteiger partial charge in [0, 0.05) is 17.9 Å². The third-order valence-electron chi connectivity index (χ3n) is 3.49. The van der Waals surface area contributed by atoms with Crippen molar-refractivity contribution in [1.29, 1.82) is 5.26 Å². The summed E-state index contributed by atoms with van der Waals surface area (Å²) < 4.78 is 0. The summed E-state index contributed by atoms with van der Waals surface area (Å²) >= 11 is 0. The minimum Gasteiger partial charge on any atom is -0.481 e. The van der Waals surface area contributed by atoms with Crippen LogP contribution in [0.3, 0.4) is 0 Å². The third kappa shape index (κ3) is 3.19. The van der Waals surface area contributed by atoms with Crippen molar-refractivity contribution in [3.63, 3.8) is 0 Å². The first-order valence-electron chi connectivity index (χ1n) is 6.36. The molecular weight excluding hydrogens is 244 g/mol. The van der Waals surface area contributed by atoms with E-state index in [1.165, 1.54) is 12.4 Å². The Bertz CT molecular complexity index is 504. The number of carboxylic acids is 1. The zero-order valence-electron chi connectivity index (χ0n) is 10.6. The lowest BCUT2D eigenvalue weighted by Crippen LogP contribution is -2.42. The van der Waals surface area contributed by atoms with E-state index in [0.717, 1.165) is 32.1 Å². The fraction of sp³-hybridized carbons (Fsp3) is 0.538. The second-order valence-corrected chi connectivity index (χ2v) is 4.90. The SMILES string of the molecule is N#Cc1nccnc1NC1(CC(=O)O)CCCCC1. The van der Waals surface area contributed by atoms with Crippen LogP contribution in [0, 0.1) is 11.3 Å². The molecule has 0 aromatic carbocycles. The van der Waals surface area contributed by atoms with Gasteiger partial charge in [0.25, 0.3) is 0 Å². The van der Waals surface area contributed by atoms with Crippen LogP contribution in [0.15, 0.2) is 12.4 Å². The number of nitrogens with one attached hydrogen (secondary N) is 1. The van der Waals surface area contributed by atoms with Gasteiger partial charge in [-0.1, -0.05) is 19.3 Å². The van der Waals surface area contributed by atoms with Crippen molar-refractivity contribution < 1.29 is 9.90 Å². The topological polar surface area (TPSA) is 98.9 Å². The number of hydrogen-bond donors (Lipinski definition) is 2. The first-order valence-corrected chi connectivity index (χ1v) is 6.36. The van der Waals surface area contributed by atoms with Crippen molar-refractivity contribution in [2.24, 2.45) is 0 Å². The van der Waals surface area contributed by atoms with Gasteiger partial charge in [-0.25, -0.2) is 9.97 Å². The molecule has 0 bridgehead atoms. The number of anilines is 1. The average Bonchev–Trinajstić information content (AvgIpc) is 2.39. The molecule has 0 amide bonds. The molecule has 2 rings (SSSR count). The van der Waals surface area contributed by atoms with Gasteiger partial charge in [0.1, 0.15) is 6.07 Å². The molecule has 0 spiro atoms. The Balaban J connectivity index is 2.25. The van der Waals surface area contributed by atoms with Crippen molar-refractivity contribution in [2.75, 3.05) is 5.32 Å². The molecule has 1 fully saturated rings. The molecule has 19 heavy (non-hydrogen) atoms. The fourth-order valence-electron chi connectivity index (χ4n) is 2.63. The highest BCUT2D eigenvalue weighted by Crippen LogP contribution is 2.34. The Hall–Kier alpha value is -2.16. The standard InChI is InChI=1S/C13H16N4O2/c14-9-10-12(16-7-6-15-10)17-13(8-11(18)19)4-2-1-3-5-13/h6-7H,1-5,8H2,(H,16,17)(H,18,19). The zero-order valence-corrected chi connectivity index (χ0v) is 10.6. The Labute approximate surface area is 111 Å². The van der Waals surface area contributed by atoms with Gasteiger partial charge in [0.05, 0.1) is 6.42 Å². The number of carboxylic acid groups (broad SMARTS) is 1.